The third-order valence-corrected chi connectivity index (χ3v) is 10.1. The minimum Gasteiger partial charge on any atom is -0.493 e. The standard InChI is InChI=1S/C51H71N5O14/c1-14-17-18-19-35(38(15-2)56(31-57)70-46(62)32-20-23-34(24-21-32)55(13)48(64)69-51(10,11)12)43(59)52-30-53-45(61)40-27-26-39(66-40)33-22-25-36(41(28-33)65-16-3)44(60)54-37(47(63)68-50(7,8)9)29-42(58)67-49(4,5)6/h20-28,31,35,37-38H,14-19,29-30H2,1-13H3,(H,52,59)(H,53,61)(H,54,60). The Morgan fingerprint density at radius 2 is 1.40 bits per heavy atom. The molecular formula is C51H71N5O14. The minimum atomic E-state index is -1.37. The Morgan fingerprint density at radius 1 is 0.757 bits per heavy atom. The summed E-state index contributed by atoms with van der Waals surface area (Å²) < 4.78 is 27.9. The number of carbonyl (C=O) groups excluding carboxylic acids is 8. The van der Waals surface area contributed by atoms with Gasteiger partial charge in [-0.15, -0.1) is 0 Å². The molecule has 0 fully saturated rings. The number of ether oxygens (including phenoxy) is 4. The number of hydrogen-bond donors (Lipinski definition) is 3. The van der Waals surface area contributed by atoms with Gasteiger partial charge < -0.3 is 44.2 Å². The Morgan fingerprint density at radius 3 is 1.97 bits per heavy atom. The summed E-state index contributed by atoms with van der Waals surface area (Å²) >= 11 is 0. The second-order valence-corrected chi connectivity index (χ2v) is 19.4. The van der Waals surface area contributed by atoms with Crippen LogP contribution < -0.4 is 25.6 Å². The van der Waals surface area contributed by atoms with Crippen molar-refractivity contribution in [2.24, 2.45) is 5.92 Å². The van der Waals surface area contributed by atoms with Crippen molar-refractivity contribution < 1.29 is 66.6 Å². The van der Waals surface area contributed by atoms with Crippen molar-refractivity contribution in [3.05, 3.63) is 71.5 Å². The Balaban J connectivity index is 1.72. The van der Waals surface area contributed by atoms with Crippen LogP contribution in [-0.2, 0) is 38.2 Å². The fourth-order valence-electron chi connectivity index (χ4n) is 6.86. The van der Waals surface area contributed by atoms with Gasteiger partial charge in [0.15, 0.2) is 5.76 Å². The predicted molar refractivity (Wildman–Crippen MR) is 259 cm³/mol. The van der Waals surface area contributed by atoms with Crippen molar-refractivity contribution in [3.63, 3.8) is 0 Å². The smallest absolute Gasteiger partial charge is 0.414 e. The molecule has 0 spiro atoms. The first-order chi connectivity index (χ1) is 32.7. The number of anilines is 1. The minimum absolute atomic E-state index is 0.0487. The van der Waals surface area contributed by atoms with Gasteiger partial charge in [0.05, 0.1) is 42.8 Å². The number of rotatable bonds is 23. The molecule has 3 N–H and O–H groups in total. The highest BCUT2D eigenvalue weighted by Gasteiger charge is 2.35. The van der Waals surface area contributed by atoms with Gasteiger partial charge in [-0.2, -0.15) is 5.06 Å². The first kappa shape index (κ1) is 57.4. The molecule has 0 aliphatic heterocycles. The van der Waals surface area contributed by atoms with Crippen LogP contribution in [0.1, 0.15) is 153 Å². The van der Waals surface area contributed by atoms with Gasteiger partial charge >= 0.3 is 24.0 Å². The number of esters is 2. The molecule has 3 rings (SSSR count). The second kappa shape index (κ2) is 25.6. The molecule has 3 unspecified atom stereocenters. The van der Waals surface area contributed by atoms with E-state index in [4.69, 9.17) is 28.2 Å². The number of benzene rings is 2. The van der Waals surface area contributed by atoms with Crippen LogP contribution in [0.2, 0.25) is 0 Å². The lowest BCUT2D eigenvalue weighted by Crippen LogP contribution is -2.49. The monoisotopic (exact) mass is 977 g/mol. The van der Waals surface area contributed by atoms with Gasteiger partial charge in [0.2, 0.25) is 12.3 Å². The van der Waals surface area contributed by atoms with Crippen LogP contribution in [0.4, 0.5) is 10.5 Å². The van der Waals surface area contributed by atoms with Crippen LogP contribution in [0.15, 0.2) is 59.0 Å². The number of nitrogens with zero attached hydrogens (tertiary/aromatic N) is 2. The van der Waals surface area contributed by atoms with Gasteiger partial charge in [-0.1, -0.05) is 39.2 Å². The Bertz CT molecular complexity index is 2290. The molecular weight excluding hydrogens is 907 g/mol. The first-order valence-corrected chi connectivity index (χ1v) is 23.4. The topological polar surface area (TPSA) is 238 Å². The number of hydroxylamine groups is 2. The number of hydrogen-bond acceptors (Lipinski definition) is 14. The molecule has 0 aliphatic rings. The van der Waals surface area contributed by atoms with Crippen molar-refractivity contribution >= 4 is 53.8 Å². The van der Waals surface area contributed by atoms with E-state index in [-0.39, 0.29) is 48.1 Å². The summed E-state index contributed by atoms with van der Waals surface area (Å²) in [7, 11) is 1.53. The van der Waals surface area contributed by atoms with Gasteiger partial charge in [-0.3, -0.25) is 28.9 Å². The van der Waals surface area contributed by atoms with E-state index in [1.165, 1.54) is 54.4 Å². The molecule has 3 atom stereocenters. The van der Waals surface area contributed by atoms with Crippen LogP contribution in [0.25, 0.3) is 11.3 Å². The van der Waals surface area contributed by atoms with Gasteiger partial charge in [-0.05, 0) is 131 Å². The highest BCUT2D eigenvalue weighted by atomic mass is 16.7. The van der Waals surface area contributed by atoms with Crippen molar-refractivity contribution in [1.29, 1.82) is 0 Å². The van der Waals surface area contributed by atoms with E-state index in [0.29, 0.717) is 30.5 Å². The number of furan rings is 1. The summed E-state index contributed by atoms with van der Waals surface area (Å²) in [6, 6.07) is 11.2. The summed E-state index contributed by atoms with van der Waals surface area (Å²) in [5.74, 6) is -4.82. The molecule has 0 radical (unpaired) electrons. The molecule has 0 saturated heterocycles. The van der Waals surface area contributed by atoms with Crippen LogP contribution in [0.3, 0.4) is 0 Å². The number of carbonyl (C=O) groups is 8. The van der Waals surface area contributed by atoms with E-state index in [0.717, 1.165) is 17.9 Å². The lowest BCUT2D eigenvalue weighted by molar-refractivity contribution is -0.171. The van der Waals surface area contributed by atoms with E-state index >= 15 is 0 Å². The van der Waals surface area contributed by atoms with E-state index in [1.54, 1.807) is 88.3 Å². The highest BCUT2D eigenvalue weighted by Crippen LogP contribution is 2.30. The fraction of sp³-hybridized carbons (Fsp3) is 0.529. The van der Waals surface area contributed by atoms with Gasteiger partial charge in [0.25, 0.3) is 11.8 Å². The van der Waals surface area contributed by atoms with Crippen molar-refractivity contribution in [3.8, 4) is 17.1 Å². The highest BCUT2D eigenvalue weighted by molar-refractivity contribution is 6.00. The zero-order chi connectivity index (χ0) is 52.6. The van der Waals surface area contributed by atoms with Crippen LogP contribution >= 0.6 is 0 Å². The summed E-state index contributed by atoms with van der Waals surface area (Å²) in [5, 5.41) is 8.75. The number of unbranched alkanes of at least 4 members (excludes halogenated alkanes) is 2. The molecule has 0 bridgehead atoms. The third-order valence-electron chi connectivity index (χ3n) is 10.1. The zero-order valence-corrected chi connectivity index (χ0v) is 42.8. The SMILES string of the molecule is CCCCCC(C(=O)NCNC(=O)c1ccc(-c2ccc(C(=O)NC(CC(=O)OC(C)(C)C)C(=O)OC(C)(C)C)c(OCC)c2)o1)C(CC)N(C=O)OC(=O)c1ccc(N(C)C(=O)OC(C)(C)C)cc1. The Labute approximate surface area is 410 Å². The average molecular weight is 978 g/mol. The van der Waals surface area contributed by atoms with Crippen LogP contribution in [0.5, 0.6) is 5.75 Å². The lowest BCUT2D eigenvalue weighted by Gasteiger charge is -2.31. The summed E-state index contributed by atoms with van der Waals surface area (Å²) in [5.41, 5.74) is -1.41. The normalized spacial score (nSPS) is 12.8. The van der Waals surface area contributed by atoms with Crippen molar-refractivity contribution in [2.45, 2.75) is 150 Å². The maximum atomic E-state index is 13.8. The molecule has 2 aromatic carbocycles. The first-order valence-electron chi connectivity index (χ1n) is 23.4. The largest absolute Gasteiger partial charge is 0.493 e. The zero-order valence-electron chi connectivity index (χ0n) is 42.8. The lowest BCUT2D eigenvalue weighted by atomic mass is 9.90. The third kappa shape index (κ3) is 18.2. The van der Waals surface area contributed by atoms with E-state index in [1.807, 2.05) is 6.92 Å². The van der Waals surface area contributed by atoms with E-state index < -0.39 is 82.9 Å². The van der Waals surface area contributed by atoms with E-state index in [9.17, 15) is 38.4 Å². The second-order valence-electron chi connectivity index (χ2n) is 19.4. The van der Waals surface area contributed by atoms with Gasteiger partial charge in [0.1, 0.15) is 34.4 Å². The molecule has 5 amide bonds. The van der Waals surface area contributed by atoms with Crippen molar-refractivity contribution in [1.82, 2.24) is 21.0 Å². The number of amides is 5. The molecule has 384 valence electrons. The molecule has 0 aliphatic carbocycles. The van der Waals surface area contributed by atoms with E-state index in [2.05, 4.69) is 16.0 Å². The molecule has 1 aromatic heterocycles. The maximum Gasteiger partial charge on any atom is 0.414 e. The average Bonchev–Trinajstić information content (AvgIpc) is 3.77. The van der Waals surface area contributed by atoms with Crippen LogP contribution in [0, 0.1) is 5.92 Å². The number of nitrogens with one attached hydrogen (secondary N) is 3. The molecule has 0 saturated carbocycles. The van der Waals surface area contributed by atoms with Gasteiger partial charge in [0, 0.05) is 18.3 Å². The molecule has 3 aromatic rings. The van der Waals surface area contributed by atoms with Gasteiger partial charge in [-0.25, -0.2) is 14.4 Å². The predicted octanol–water partition coefficient (Wildman–Crippen LogP) is 7.90. The fourth-order valence-corrected chi connectivity index (χ4v) is 6.86. The molecule has 19 nitrogen and oxygen atoms in total. The molecule has 70 heavy (non-hydrogen) atoms. The summed E-state index contributed by atoms with van der Waals surface area (Å²) in [6.45, 7) is 20.6. The Kier molecular flexibility index (Phi) is 21.0. The molecule has 1 heterocycles. The van der Waals surface area contributed by atoms with Crippen LogP contribution in [-0.4, -0.2) is 102 Å². The maximum absolute atomic E-state index is 13.8. The summed E-state index contributed by atoms with van der Waals surface area (Å²) in [4.78, 5) is 112. The Hall–Kier alpha value is -6.92. The quantitative estimate of drug-likeness (QED) is 0.0205. The van der Waals surface area contributed by atoms with Crippen molar-refractivity contribution in [2.75, 3.05) is 25.2 Å². The molecule has 19 heteroatoms. The summed E-state index contributed by atoms with van der Waals surface area (Å²) in [6.07, 6.45) is 2.18.